The summed E-state index contributed by atoms with van der Waals surface area (Å²) in [6, 6.07) is 9.70. The normalized spacial score (nSPS) is 11.4. The molecule has 2 aromatic rings. The maximum atomic E-state index is 13.9. The molecule has 4 rings (SSSR count). The lowest BCUT2D eigenvalue weighted by Crippen LogP contribution is -2.20. The number of rotatable bonds is 4. The van der Waals surface area contributed by atoms with Crippen molar-refractivity contribution in [1.29, 1.82) is 0 Å². The number of halogens is 4. The number of benzene rings is 2. The van der Waals surface area contributed by atoms with Crippen LogP contribution in [0.15, 0.2) is 60.8 Å². The van der Waals surface area contributed by atoms with Gasteiger partial charge in [-0.15, -0.1) is 0 Å². The van der Waals surface area contributed by atoms with Gasteiger partial charge in [-0.3, -0.25) is 4.79 Å². The molecular formula is C22H15F4N5O3. The minimum absolute atomic E-state index is 0.0672. The Bertz CT molecular complexity index is 1370. The van der Waals surface area contributed by atoms with Crippen molar-refractivity contribution in [1.82, 2.24) is 9.71 Å². The van der Waals surface area contributed by atoms with Gasteiger partial charge in [0.15, 0.2) is 0 Å². The maximum absolute atomic E-state index is 13.9. The average Bonchev–Trinajstić information content (AvgIpc) is 3.16. The quantitative estimate of drug-likeness (QED) is 0.251. The predicted molar refractivity (Wildman–Crippen MR) is 114 cm³/mol. The van der Waals surface area contributed by atoms with E-state index in [1.54, 1.807) is 6.07 Å². The van der Waals surface area contributed by atoms with Crippen LogP contribution < -0.4 is 16.4 Å². The fraction of sp³-hybridized carbons (Fsp3) is 0.0455. The van der Waals surface area contributed by atoms with Crippen molar-refractivity contribution in [2.45, 2.75) is 6.18 Å². The average molecular weight is 473 g/mol. The van der Waals surface area contributed by atoms with Gasteiger partial charge in [-0.25, -0.2) is 14.2 Å². The number of hydrogen-bond acceptors (Lipinski definition) is 4. The number of nitrogens with two attached hydrogens (primary N) is 1. The van der Waals surface area contributed by atoms with Gasteiger partial charge in [-0.05, 0) is 48.0 Å². The number of alkyl halides is 3. The largest absolute Gasteiger partial charge is 0.428 e. The molecule has 5 N–H and O–H groups in total. The van der Waals surface area contributed by atoms with E-state index in [2.05, 4.69) is 10.3 Å². The maximum Gasteiger partial charge on any atom is 0.416 e. The summed E-state index contributed by atoms with van der Waals surface area (Å²) < 4.78 is 53.2. The molecule has 3 amide bonds. The fourth-order valence-electron chi connectivity index (χ4n) is 3.36. The second kappa shape index (κ2) is 8.39. The van der Waals surface area contributed by atoms with E-state index in [9.17, 15) is 32.4 Å². The zero-order chi connectivity index (χ0) is 24.6. The molecule has 0 aliphatic carbocycles. The summed E-state index contributed by atoms with van der Waals surface area (Å²) in [4.78, 5) is 28.2. The Hall–Kier alpha value is -4.61. The SMILES string of the molecule is NC(=O)c1nc2cccn(O)c-2c1-c1ccc(NC(=O)Nc2cc(C(F)(F)F)ccc2F)cc1. The number of carbonyl (C=O) groups is 2. The molecule has 34 heavy (non-hydrogen) atoms. The molecule has 2 aromatic carbocycles. The van der Waals surface area contributed by atoms with Gasteiger partial charge in [0.05, 0.1) is 16.9 Å². The van der Waals surface area contributed by atoms with Crippen LogP contribution >= 0.6 is 0 Å². The lowest BCUT2D eigenvalue weighted by molar-refractivity contribution is -0.137. The number of nitrogens with one attached hydrogen (secondary N) is 2. The highest BCUT2D eigenvalue weighted by Gasteiger charge is 2.31. The molecule has 174 valence electrons. The third-order valence-electron chi connectivity index (χ3n) is 4.87. The molecule has 0 saturated carbocycles. The van der Waals surface area contributed by atoms with Crippen molar-refractivity contribution in [3.8, 4) is 22.5 Å². The predicted octanol–water partition coefficient (Wildman–Crippen LogP) is 4.79. The number of anilines is 2. The number of carbonyl (C=O) groups excluding carboxylic acids is 2. The van der Waals surface area contributed by atoms with Gasteiger partial charge in [0.1, 0.15) is 17.2 Å². The Morgan fingerprint density at radius 1 is 1.03 bits per heavy atom. The van der Waals surface area contributed by atoms with Crippen molar-refractivity contribution < 1.29 is 32.4 Å². The van der Waals surface area contributed by atoms with E-state index in [1.807, 2.05) is 5.32 Å². The second-order valence-corrected chi connectivity index (χ2v) is 7.14. The number of aromatic nitrogens is 2. The van der Waals surface area contributed by atoms with Crippen molar-refractivity contribution in [2.75, 3.05) is 10.6 Å². The van der Waals surface area contributed by atoms with Gasteiger partial charge >= 0.3 is 12.2 Å². The molecule has 2 heterocycles. The van der Waals surface area contributed by atoms with Crippen LogP contribution in [0.3, 0.4) is 0 Å². The lowest BCUT2D eigenvalue weighted by Gasteiger charge is -2.12. The van der Waals surface area contributed by atoms with Gasteiger partial charge in [0.25, 0.3) is 5.91 Å². The van der Waals surface area contributed by atoms with E-state index in [0.717, 1.165) is 4.73 Å². The van der Waals surface area contributed by atoms with E-state index < -0.39 is 35.2 Å². The zero-order valence-electron chi connectivity index (χ0n) is 17.0. The molecule has 2 aliphatic rings. The topological polar surface area (TPSA) is 122 Å². The Morgan fingerprint density at radius 2 is 1.74 bits per heavy atom. The Kier molecular flexibility index (Phi) is 5.57. The summed E-state index contributed by atoms with van der Waals surface area (Å²) in [5, 5.41) is 14.6. The second-order valence-electron chi connectivity index (χ2n) is 7.14. The van der Waals surface area contributed by atoms with Gasteiger partial charge < -0.3 is 21.6 Å². The van der Waals surface area contributed by atoms with Crippen LogP contribution in [0.2, 0.25) is 0 Å². The monoisotopic (exact) mass is 473 g/mol. The van der Waals surface area contributed by atoms with Crippen molar-refractivity contribution >= 4 is 23.3 Å². The summed E-state index contributed by atoms with van der Waals surface area (Å²) in [7, 11) is 0. The standard InChI is InChI=1S/C22H15F4N5O3/c23-14-8-5-12(22(24,25)26)10-16(14)30-21(33)28-13-6-3-11(4-7-13)17-18(20(27)32)29-15-2-1-9-31(34)19(15)17/h1-10,34H,(H2,27,32)(H2,28,30,33). The number of primary amides is 1. The third kappa shape index (κ3) is 4.33. The molecule has 0 aromatic heterocycles. The highest BCUT2D eigenvalue weighted by atomic mass is 19.4. The van der Waals surface area contributed by atoms with Crippen molar-refractivity contribution in [2.24, 2.45) is 5.73 Å². The Balaban J connectivity index is 1.57. The summed E-state index contributed by atoms with van der Waals surface area (Å²) in [6.45, 7) is 0. The number of urea groups is 1. The lowest BCUT2D eigenvalue weighted by atomic mass is 10.0. The first kappa shape index (κ1) is 22.6. The van der Waals surface area contributed by atoms with E-state index in [4.69, 9.17) is 5.73 Å². The molecule has 0 saturated heterocycles. The zero-order valence-corrected chi connectivity index (χ0v) is 17.0. The first-order chi connectivity index (χ1) is 16.0. The van der Waals surface area contributed by atoms with Crippen LogP contribution in [0.4, 0.5) is 33.7 Å². The van der Waals surface area contributed by atoms with E-state index >= 15 is 0 Å². The minimum Gasteiger partial charge on any atom is -0.428 e. The molecule has 2 aliphatic heterocycles. The van der Waals surface area contributed by atoms with Crippen LogP contribution in [-0.2, 0) is 6.18 Å². The number of hydrogen-bond donors (Lipinski definition) is 4. The molecule has 0 radical (unpaired) electrons. The van der Waals surface area contributed by atoms with Crippen LogP contribution in [-0.4, -0.2) is 26.9 Å². The molecule has 0 atom stereocenters. The number of pyridine rings is 1. The molecular weight excluding hydrogens is 458 g/mol. The molecule has 0 bridgehead atoms. The first-order valence-corrected chi connectivity index (χ1v) is 9.60. The smallest absolute Gasteiger partial charge is 0.416 e. The van der Waals surface area contributed by atoms with Crippen molar-refractivity contribution in [3.05, 3.63) is 77.9 Å². The molecule has 8 nitrogen and oxygen atoms in total. The third-order valence-corrected chi connectivity index (χ3v) is 4.87. The molecule has 0 fully saturated rings. The van der Waals surface area contributed by atoms with Gasteiger partial charge in [0.2, 0.25) is 0 Å². The summed E-state index contributed by atoms with van der Waals surface area (Å²) in [6.07, 6.45) is -3.35. The Morgan fingerprint density at radius 3 is 2.38 bits per heavy atom. The molecule has 12 heteroatoms. The van der Waals surface area contributed by atoms with Gasteiger partial charge in [-0.1, -0.05) is 12.1 Å². The summed E-state index contributed by atoms with van der Waals surface area (Å²) in [5.41, 5.74) is 5.11. The number of nitrogens with zero attached hydrogens (tertiary/aromatic N) is 2. The number of fused-ring (bicyclic) bond motifs is 1. The summed E-state index contributed by atoms with van der Waals surface area (Å²) >= 11 is 0. The Labute approximate surface area is 188 Å². The fourth-order valence-corrected chi connectivity index (χ4v) is 3.36. The van der Waals surface area contributed by atoms with Crippen LogP contribution in [0.25, 0.3) is 22.5 Å². The highest BCUT2D eigenvalue weighted by Crippen LogP contribution is 2.37. The summed E-state index contributed by atoms with van der Waals surface area (Å²) in [5.74, 6) is -1.85. The molecule has 0 spiro atoms. The van der Waals surface area contributed by atoms with E-state index in [0.29, 0.717) is 29.5 Å². The van der Waals surface area contributed by atoms with E-state index in [1.165, 1.54) is 36.5 Å². The number of amides is 3. The van der Waals surface area contributed by atoms with Crippen LogP contribution in [0.1, 0.15) is 16.1 Å². The van der Waals surface area contributed by atoms with Gasteiger partial charge in [0, 0.05) is 17.4 Å². The first-order valence-electron chi connectivity index (χ1n) is 9.60. The van der Waals surface area contributed by atoms with Crippen molar-refractivity contribution in [3.63, 3.8) is 0 Å². The molecule has 0 unspecified atom stereocenters. The minimum atomic E-state index is -4.70. The highest BCUT2D eigenvalue weighted by molar-refractivity contribution is 6.04. The van der Waals surface area contributed by atoms with Gasteiger partial charge in [-0.2, -0.15) is 17.9 Å². The van der Waals surface area contributed by atoms with Crippen LogP contribution in [0.5, 0.6) is 0 Å². The van der Waals surface area contributed by atoms with Crippen LogP contribution in [0, 0.1) is 5.82 Å². The van der Waals surface area contributed by atoms with E-state index in [-0.39, 0.29) is 22.6 Å².